The standard InChI is InChI=1S/C14H15FN2/c1-9(2)12-8-11(4-5-13(12)15)14-16-7-6-10(3)17-14/h4-9H,1-3H3. The molecule has 2 nitrogen and oxygen atoms in total. The number of hydrogen-bond acceptors (Lipinski definition) is 2. The lowest BCUT2D eigenvalue weighted by Gasteiger charge is -2.09. The molecule has 0 aliphatic rings. The molecule has 0 saturated carbocycles. The summed E-state index contributed by atoms with van der Waals surface area (Å²) in [5, 5.41) is 0. The first-order valence-electron chi connectivity index (χ1n) is 5.67. The molecule has 0 radical (unpaired) electrons. The summed E-state index contributed by atoms with van der Waals surface area (Å²) < 4.78 is 13.6. The lowest BCUT2D eigenvalue weighted by molar-refractivity contribution is 0.598. The van der Waals surface area contributed by atoms with Gasteiger partial charge in [0.15, 0.2) is 5.82 Å². The van der Waals surface area contributed by atoms with Crippen molar-refractivity contribution in [1.29, 1.82) is 0 Å². The van der Waals surface area contributed by atoms with Crippen molar-refractivity contribution in [2.45, 2.75) is 26.7 Å². The van der Waals surface area contributed by atoms with Gasteiger partial charge in [-0.15, -0.1) is 0 Å². The van der Waals surface area contributed by atoms with E-state index in [2.05, 4.69) is 9.97 Å². The van der Waals surface area contributed by atoms with Gasteiger partial charge in [0.1, 0.15) is 5.82 Å². The molecule has 0 saturated heterocycles. The van der Waals surface area contributed by atoms with E-state index in [1.807, 2.05) is 32.9 Å². The van der Waals surface area contributed by atoms with E-state index in [-0.39, 0.29) is 11.7 Å². The summed E-state index contributed by atoms with van der Waals surface area (Å²) in [6.45, 7) is 5.86. The molecule has 1 aromatic carbocycles. The Morgan fingerprint density at radius 1 is 1.18 bits per heavy atom. The molecule has 2 rings (SSSR count). The van der Waals surface area contributed by atoms with Crippen LogP contribution < -0.4 is 0 Å². The first-order chi connectivity index (χ1) is 8.08. The van der Waals surface area contributed by atoms with Crippen molar-refractivity contribution in [2.24, 2.45) is 0 Å². The van der Waals surface area contributed by atoms with Crippen LogP contribution in [0, 0.1) is 12.7 Å². The molecule has 0 bridgehead atoms. The SMILES string of the molecule is Cc1ccnc(-c2ccc(F)c(C(C)C)c2)n1. The second-order valence-electron chi connectivity index (χ2n) is 4.41. The third-order valence-corrected chi connectivity index (χ3v) is 2.67. The van der Waals surface area contributed by atoms with Crippen LogP contribution in [0.3, 0.4) is 0 Å². The molecule has 2 aromatic rings. The summed E-state index contributed by atoms with van der Waals surface area (Å²) in [5.74, 6) is 0.628. The number of hydrogen-bond donors (Lipinski definition) is 0. The monoisotopic (exact) mass is 230 g/mol. The van der Waals surface area contributed by atoms with Crippen LogP contribution in [-0.4, -0.2) is 9.97 Å². The zero-order chi connectivity index (χ0) is 12.4. The number of aromatic nitrogens is 2. The summed E-state index contributed by atoms with van der Waals surface area (Å²) in [7, 11) is 0. The van der Waals surface area contributed by atoms with Crippen molar-refractivity contribution < 1.29 is 4.39 Å². The van der Waals surface area contributed by atoms with Crippen LogP contribution in [0.5, 0.6) is 0 Å². The highest BCUT2D eigenvalue weighted by atomic mass is 19.1. The van der Waals surface area contributed by atoms with E-state index in [0.717, 1.165) is 11.3 Å². The Kier molecular flexibility index (Phi) is 3.18. The first-order valence-corrected chi connectivity index (χ1v) is 5.67. The molecule has 1 heterocycles. The van der Waals surface area contributed by atoms with Crippen LogP contribution in [0.4, 0.5) is 4.39 Å². The fourth-order valence-electron chi connectivity index (χ4n) is 1.71. The Morgan fingerprint density at radius 3 is 2.59 bits per heavy atom. The molecule has 0 aliphatic carbocycles. The molecule has 0 atom stereocenters. The molecule has 1 aromatic heterocycles. The molecular formula is C14H15FN2. The van der Waals surface area contributed by atoms with Gasteiger partial charge < -0.3 is 0 Å². The Bertz CT molecular complexity index is 535. The molecule has 0 aliphatic heterocycles. The van der Waals surface area contributed by atoms with Crippen molar-refractivity contribution in [3.63, 3.8) is 0 Å². The molecule has 0 N–H and O–H groups in total. The Morgan fingerprint density at radius 2 is 1.94 bits per heavy atom. The second-order valence-corrected chi connectivity index (χ2v) is 4.41. The van der Waals surface area contributed by atoms with Gasteiger partial charge in [0.05, 0.1) is 0 Å². The lowest BCUT2D eigenvalue weighted by atomic mass is 10.00. The Balaban J connectivity index is 2.50. The maximum atomic E-state index is 13.6. The summed E-state index contributed by atoms with van der Waals surface area (Å²) in [4.78, 5) is 8.55. The number of aryl methyl sites for hydroxylation is 1. The minimum atomic E-state index is -0.170. The summed E-state index contributed by atoms with van der Waals surface area (Å²) in [6, 6.07) is 6.87. The normalized spacial score (nSPS) is 10.9. The van der Waals surface area contributed by atoms with Crippen LogP contribution in [0.2, 0.25) is 0 Å². The average Bonchev–Trinajstić information content (AvgIpc) is 2.29. The fourth-order valence-corrected chi connectivity index (χ4v) is 1.71. The van der Waals surface area contributed by atoms with Crippen LogP contribution >= 0.6 is 0 Å². The number of rotatable bonds is 2. The highest BCUT2D eigenvalue weighted by Crippen LogP contribution is 2.24. The van der Waals surface area contributed by atoms with E-state index in [1.54, 1.807) is 12.3 Å². The van der Waals surface area contributed by atoms with Crippen LogP contribution in [-0.2, 0) is 0 Å². The van der Waals surface area contributed by atoms with Gasteiger partial charge >= 0.3 is 0 Å². The van der Waals surface area contributed by atoms with E-state index in [0.29, 0.717) is 11.4 Å². The van der Waals surface area contributed by atoms with Crippen LogP contribution in [0.25, 0.3) is 11.4 Å². The van der Waals surface area contributed by atoms with E-state index in [4.69, 9.17) is 0 Å². The molecule has 17 heavy (non-hydrogen) atoms. The predicted octanol–water partition coefficient (Wildman–Crippen LogP) is 3.71. The summed E-state index contributed by atoms with van der Waals surface area (Å²) >= 11 is 0. The fraction of sp³-hybridized carbons (Fsp3) is 0.286. The van der Waals surface area contributed by atoms with Crippen molar-refractivity contribution in [3.8, 4) is 11.4 Å². The summed E-state index contributed by atoms with van der Waals surface area (Å²) in [5.41, 5.74) is 2.47. The van der Waals surface area contributed by atoms with Crippen LogP contribution in [0.15, 0.2) is 30.5 Å². The number of nitrogens with zero attached hydrogens (tertiary/aromatic N) is 2. The van der Waals surface area contributed by atoms with Crippen molar-refractivity contribution in [2.75, 3.05) is 0 Å². The average molecular weight is 230 g/mol. The van der Waals surface area contributed by atoms with Crippen molar-refractivity contribution in [3.05, 3.63) is 47.5 Å². The molecule has 0 unspecified atom stereocenters. The maximum absolute atomic E-state index is 13.6. The van der Waals surface area contributed by atoms with E-state index in [9.17, 15) is 4.39 Å². The highest BCUT2D eigenvalue weighted by molar-refractivity contribution is 5.56. The minimum absolute atomic E-state index is 0.153. The van der Waals surface area contributed by atoms with E-state index >= 15 is 0 Å². The predicted molar refractivity (Wildman–Crippen MR) is 66.3 cm³/mol. The molecular weight excluding hydrogens is 215 g/mol. The topological polar surface area (TPSA) is 25.8 Å². The maximum Gasteiger partial charge on any atom is 0.159 e. The van der Waals surface area contributed by atoms with Gasteiger partial charge in [-0.3, -0.25) is 0 Å². The Labute approximate surface area is 101 Å². The molecule has 3 heteroatoms. The van der Waals surface area contributed by atoms with Gasteiger partial charge in [0.2, 0.25) is 0 Å². The number of halogens is 1. The smallest absolute Gasteiger partial charge is 0.159 e. The minimum Gasteiger partial charge on any atom is -0.237 e. The third kappa shape index (κ3) is 2.49. The largest absolute Gasteiger partial charge is 0.237 e. The van der Waals surface area contributed by atoms with E-state index < -0.39 is 0 Å². The second kappa shape index (κ2) is 4.62. The number of benzene rings is 1. The van der Waals surface area contributed by atoms with Gasteiger partial charge in [-0.2, -0.15) is 0 Å². The van der Waals surface area contributed by atoms with Crippen LogP contribution in [0.1, 0.15) is 31.0 Å². The quantitative estimate of drug-likeness (QED) is 0.785. The van der Waals surface area contributed by atoms with Crippen molar-refractivity contribution in [1.82, 2.24) is 9.97 Å². The van der Waals surface area contributed by atoms with Crippen molar-refractivity contribution >= 4 is 0 Å². The third-order valence-electron chi connectivity index (χ3n) is 2.67. The lowest BCUT2D eigenvalue weighted by Crippen LogP contribution is -1.96. The van der Waals surface area contributed by atoms with E-state index in [1.165, 1.54) is 6.07 Å². The van der Waals surface area contributed by atoms with Gasteiger partial charge in [-0.05, 0) is 42.7 Å². The zero-order valence-electron chi connectivity index (χ0n) is 10.2. The van der Waals surface area contributed by atoms with Gasteiger partial charge in [-0.1, -0.05) is 13.8 Å². The first kappa shape index (κ1) is 11.7. The molecule has 0 amide bonds. The highest BCUT2D eigenvalue weighted by Gasteiger charge is 2.09. The summed E-state index contributed by atoms with van der Waals surface area (Å²) in [6.07, 6.45) is 1.72. The van der Waals surface area contributed by atoms with Gasteiger partial charge in [-0.25, -0.2) is 14.4 Å². The van der Waals surface area contributed by atoms with Gasteiger partial charge in [0, 0.05) is 17.5 Å². The molecule has 0 spiro atoms. The molecule has 88 valence electrons. The van der Waals surface area contributed by atoms with Gasteiger partial charge in [0.25, 0.3) is 0 Å². The molecule has 0 fully saturated rings. The zero-order valence-corrected chi connectivity index (χ0v) is 10.2. The Hall–Kier alpha value is -1.77.